The predicted octanol–water partition coefficient (Wildman–Crippen LogP) is 5.51. The zero-order valence-corrected chi connectivity index (χ0v) is 19.7. The minimum absolute atomic E-state index is 0.0720. The van der Waals surface area contributed by atoms with Crippen LogP contribution >= 0.6 is 11.3 Å². The number of rotatable bonds is 7. The second-order valence-corrected chi connectivity index (χ2v) is 9.82. The van der Waals surface area contributed by atoms with Gasteiger partial charge >= 0.3 is 5.97 Å². The highest BCUT2D eigenvalue weighted by Gasteiger charge is 2.33. The van der Waals surface area contributed by atoms with Gasteiger partial charge in [0.25, 0.3) is 0 Å². The number of carbonyl (C=O) groups is 2. The fourth-order valence-corrected chi connectivity index (χ4v) is 5.78. The van der Waals surface area contributed by atoms with Crippen molar-refractivity contribution >= 4 is 34.5 Å². The van der Waals surface area contributed by atoms with Crippen LogP contribution in [0.2, 0.25) is 0 Å². The number of benzene rings is 1. The molecule has 2 aliphatic carbocycles. The Bertz CT molecular complexity index is 1010. The van der Waals surface area contributed by atoms with E-state index >= 15 is 0 Å². The molecule has 33 heavy (non-hydrogen) atoms. The molecule has 1 saturated carbocycles. The summed E-state index contributed by atoms with van der Waals surface area (Å²) in [5.41, 5.74) is 1.61. The zero-order chi connectivity index (χ0) is 23.4. The molecule has 1 heterocycles. The van der Waals surface area contributed by atoms with Gasteiger partial charge in [-0.15, -0.1) is 11.3 Å². The van der Waals surface area contributed by atoms with Crippen LogP contribution in [0.1, 0.15) is 72.8 Å². The first-order valence-corrected chi connectivity index (χ1v) is 12.6. The van der Waals surface area contributed by atoms with Crippen LogP contribution in [-0.2, 0) is 4.79 Å². The summed E-state index contributed by atoms with van der Waals surface area (Å²) in [6, 6.07) is 11.6. The Morgan fingerprint density at radius 1 is 1.12 bits per heavy atom. The summed E-state index contributed by atoms with van der Waals surface area (Å²) >= 11 is 1.25. The lowest BCUT2D eigenvalue weighted by Crippen LogP contribution is -2.43. The molecular weight excluding hydrogens is 438 g/mol. The predicted molar refractivity (Wildman–Crippen MR) is 130 cm³/mol. The molecule has 1 aromatic carbocycles. The van der Waals surface area contributed by atoms with E-state index in [2.05, 4.69) is 6.08 Å². The molecule has 1 atom stereocenters. The van der Waals surface area contributed by atoms with Gasteiger partial charge in [-0.2, -0.15) is 0 Å². The molecule has 1 amide bonds. The van der Waals surface area contributed by atoms with Crippen molar-refractivity contribution in [3.8, 4) is 5.75 Å². The van der Waals surface area contributed by atoms with Crippen LogP contribution in [0.25, 0.3) is 5.57 Å². The number of hydrogen-bond acceptors (Lipinski definition) is 5. The number of carbonyl (C=O) groups excluding carboxylic acids is 1. The number of allylic oxidation sites excluding steroid dienone is 1. The Morgan fingerprint density at radius 3 is 2.45 bits per heavy atom. The number of carboxylic acids is 1. The van der Waals surface area contributed by atoms with Crippen LogP contribution in [0.3, 0.4) is 0 Å². The molecule has 2 aliphatic rings. The lowest BCUT2D eigenvalue weighted by Gasteiger charge is -2.35. The SMILES string of the molecule is CCC(=O)N(c1cc(C2=CCC(Oc3ccccc3)CC2)sc1C(=O)O)C1CCC(O)CC1. The maximum absolute atomic E-state index is 12.9. The highest BCUT2D eigenvalue weighted by molar-refractivity contribution is 7.15. The maximum Gasteiger partial charge on any atom is 0.348 e. The monoisotopic (exact) mass is 469 g/mol. The van der Waals surface area contributed by atoms with Gasteiger partial charge in [0.05, 0.1) is 11.8 Å². The van der Waals surface area contributed by atoms with E-state index in [-0.39, 0.29) is 29.0 Å². The van der Waals surface area contributed by atoms with E-state index in [9.17, 15) is 19.8 Å². The third kappa shape index (κ3) is 5.47. The van der Waals surface area contributed by atoms with E-state index in [1.807, 2.05) is 36.4 Å². The minimum atomic E-state index is -1.01. The van der Waals surface area contributed by atoms with Crippen LogP contribution in [0, 0.1) is 0 Å². The van der Waals surface area contributed by atoms with E-state index in [1.54, 1.807) is 11.8 Å². The number of para-hydroxylation sites is 1. The van der Waals surface area contributed by atoms with Crippen molar-refractivity contribution in [2.45, 2.75) is 76.5 Å². The average Bonchev–Trinajstić information content (AvgIpc) is 3.27. The fourth-order valence-electron chi connectivity index (χ4n) is 4.73. The smallest absolute Gasteiger partial charge is 0.348 e. The van der Waals surface area contributed by atoms with Gasteiger partial charge in [-0.25, -0.2) is 4.79 Å². The van der Waals surface area contributed by atoms with Crippen molar-refractivity contribution in [2.24, 2.45) is 0 Å². The normalized spacial score (nSPS) is 23.0. The molecule has 2 aromatic rings. The number of ether oxygens (including phenoxy) is 1. The Balaban J connectivity index is 1.57. The molecule has 4 rings (SSSR count). The van der Waals surface area contributed by atoms with Crippen molar-refractivity contribution in [3.05, 3.63) is 52.2 Å². The quantitative estimate of drug-likeness (QED) is 0.558. The van der Waals surface area contributed by atoms with Crippen LogP contribution in [0.4, 0.5) is 5.69 Å². The second-order valence-electron chi connectivity index (χ2n) is 8.77. The van der Waals surface area contributed by atoms with Crippen LogP contribution in [-0.4, -0.2) is 40.3 Å². The van der Waals surface area contributed by atoms with E-state index in [0.717, 1.165) is 35.5 Å². The number of aliphatic hydroxyl groups is 1. The Labute approximate surface area is 198 Å². The molecule has 0 radical (unpaired) electrons. The molecule has 1 aromatic heterocycles. The van der Waals surface area contributed by atoms with Crippen molar-refractivity contribution in [1.29, 1.82) is 0 Å². The van der Waals surface area contributed by atoms with Gasteiger partial charge in [0, 0.05) is 23.8 Å². The number of nitrogens with zero attached hydrogens (tertiary/aromatic N) is 1. The molecule has 2 N–H and O–H groups in total. The average molecular weight is 470 g/mol. The van der Waals surface area contributed by atoms with Gasteiger partial charge in [0.1, 0.15) is 16.7 Å². The van der Waals surface area contributed by atoms with E-state index in [4.69, 9.17) is 4.74 Å². The van der Waals surface area contributed by atoms with E-state index in [1.165, 1.54) is 11.3 Å². The van der Waals surface area contributed by atoms with Gasteiger partial charge in [-0.05, 0) is 62.3 Å². The number of aromatic carboxylic acids is 1. The summed E-state index contributed by atoms with van der Waals surface area (Å²) in [5, 5.41) is 19.8. The lowest BCUT2D eigenvalue weighted by molar-refractivity contribution is -0.119. The zero-order valence-electron chi connectivity index (χ0n) is 18.9. The minimum Gasteiger partial charge on any atom is -0.490 e. The Kier molecular flexibility index (Phi) is 7.50. The van der Waals surface area contributed by atoms with Crippen molar-refractivity contribution in [1.82, 2.24) is 0 Å². The van der Waals surface area contributed by atoms with Crippen LogP contribution in [0.15, 0.2) is 42.5 Å². The molecule has 1 unspecified atom stereocenters. The lowest BCUT2D eigenvalue weighted by atomic mass is 9.91. The van der Waals surface area contributed by atoms with Gasteiger partial charge < -0.3 is 19.8 Å². The van der Waals surface area contributed by atoms with Gasteiger partial charge in [-0.3, -0.25) is 4.79 Å². The third-order valence-corrected chi connectivity index (χ3v) is 7.68. The number of carboxylic acid groups (broad SMARTS) is 1. The van der Waals surface area contributed by atoms with Crippen molar-refractivity contribution < 1.29 is 24.5 Å². The largest absolute Gasteiger partial charge is 0.490 e. The van der Waals surface area contributed by atoms with Crippen LogP contribution in [0.5, 0.6) is 5.75 Å². The summed E-state index contributed by atoms with van der Waals surface area (Å²) in [4.78, 5) is 27.8. The van der Waals surface area contributed by atoms with Crippen molar-refractivity contribution in [3.63, 3.8) is 0 Å². The van der Waals surface area contributed by atoms with Gasteiger partial charge in [-0.1, -0.05) is 31.2 Å². The molecule has 0 bridgehead atoms. The highest BCUT2D eigenvalue weighted by atomic mass is 32.1. The first kappa shape index (κ1) is 23.5. The summed E-state index contributed by atoms with van der Waals surface area (Å²) < 4.78 is 6.07. The topological polar surface area (TPSA) is 87.1 Å². The second kappa shape index (κ2) is 10.5. The number of hydrogen-bond donors (Lipinski definition) is 2. The first-order chi connectivity index (χ1) is 16.0. The Hall–Kier alpha value is -2.64. The Morgan fingerprint density at radius 2 is 1.85 bits per heavy atom. The summed E-state index contributed by atoms with van der Waals surface area (Å²) in [6.07, 6.45) is 7.25. The highest BCUT2D eigenvalue weighted by Crippen LogP contribution is 2.40. The van der Waals surface area contributed by atoms with Gasteiger partial charge in [0.15, 0.2) is 0 Å². The number of aliphatic hydroxyl groups excluding tert-OH is 1. The summed E-state index contributed by atoms with van der Waals surface area (Å²) in [5.74, 6) is -0.220. The van der Waals surface area contributed by atoms with Crippen LogP contribution < -0.4 is 9.64 Å². The fraction of sp³-hybridized carbons (Fsp3) is 0.462. The molecule has 7 heteroatoms. The summed E-state index contributed by atoms with van der Waals surface area (Å²) in [7, 11) is 0. The molecule has 0 saturated heterocycles. The molecular formula is C26H31NO5S. The number of anilines is 1. The maximum atomic E-state index is 12.9. The number of amides is 1. The number of thiophene rings is 1. The van der Waals surface area contributed by atoms with E-state index < -0.39 is 5.97 Å². The van der Waals surface area contributed by atoms with Crippen molar-refractivity contribution in [2.75, 3.05) is 4.90 Å². The molecule has 6 nitrogen and oxygen atoms in total. The molecule has 1 fully saturated rings. The molecule has 0 aliphatic heterocycles. The third-order valence-electron chi connectivity index (χ3n) is 6.49. The first-order valence-electron chi connectivity index (χ1n) is 11.7. The standard InChI is InChI=1S/C26H31NO5S/c1-2-24(29)27(18-10-12-19(28)13-11-18)22-16-23(33-25(22)26(30)31)17-8-14-21(15-9-17)32-20-6-4-3-5-7-20/h3-8,16,18-19,21,28H,2,9-15H2,1H3,(H,30,31). The molecule has 0 spiro atoms. The van der Waals surface area contributed by atoms with Gasteiger partial charge in [0.2, 0.25) is 5.91 Å². The summed E-state index contributed by atoms with van der Waals surface area (Å²) in [6.45, 7) is 1.80. The molecule has 176 valence electrons. The van der Waals surface area contributed by atoms with E-state index in [0.29, 0.717) is 37.8 Å².